The third kappa shape index (κ3) is 11.5. The van der Waals surface area contributed by atoms with Gasteiger partial charge in [-0.05, 0) is 90.0 Å². The van der Waals surface area contributed by atoms with Crippen molar-refractivity contribution < 1.29 is 46.8 Å². The lowest BCUT2D eigenvalue weighted by molar-refractivity contribution is -0.0922. The Bertz CT molecular complexity index is 3270. The van der Waals surface area contributed by atoms with Crippen molar-refractivity contribution in [3.05, 3.63) is 177 Å². The number of nitrogens with zero attached hydrogens (tertiary/aromatic N) is 5. The molecule has 2 fully saturated rings. The number of imidazole rings is 1. The van der Waals surface area contributed by atoms with E-state index >= 15 is 0 Å². The van der Waals surface area contributed by atoms with Gasteiger partial charge < -0.3 is 47.4 Å². The zero-order chi connectivity index (χ0) is 54.0. The van der Waals surface area contributed by atoms with Gasteiger partial charge in [-0.1, -0.05) is 93.6 Å². The normalized spacial score (nSPS) is 20.9. The predicted molar refractivity (Wildman–Crippen MR) is 290 cm³/mol. The third-order valence-corrected chi connectivity index (χ3v) is 20.4. The molecular formula is C54H62N7O12PSSi. The Morgan fingerprint density at radius 3 is 1.97 bits per heavy atom. The predicted octanol–water partition coefficient (Wildman–Crippen LogP) is 8.55. The summed E-state index contributed by atoms with van der Waals surface area (Å²) in [5.41, 5.74) is 1.41. The molecule has 0 bridgehead atoms. The van der Waals surface area contributed by atoms with Crippen molar-refractivity contribution in [1.29, 1.82) is 0 Å². The molecule has 19 nitrogen and oxygen atoms in total. The fraction of sp³-hybridized carbons (Fsp3) is 0.370. The van der Waals surface area contributed by atoms with Crippen LogP contribution in [0.15, 0.2) is 138 Å². The highest BCUT2D eigenvalue weighted by Crippen LogP contribution is 2.51. The molecule has 2 aliphatic rings. The Hall–Kier alpha value is -6.23. The van der Waals surface area contributed by atoms with Crippen LogP contribution in [-0.2, 0) is 45.1 Å². The minimum atomic E-state index is -4.19. The Morgan fingerprint density at radius 1 is 0.803 bits per heavy atom. The summed E-state index contributed by atoms with van der Waals surface area (Å²) in [6.45, 7) is 7.62. The highest BCUT2D eigenvalue weighted by Gasteiger charge is 2.48. The second-order valence-corrected chi connectivity index (χ2v) is 27.8. The molecular weight excluding hydrogens is 1030 g/mol. The Labute approximate surface area is 445 Å². The van der Waals surface area contributed by atoms with E-state index in [4.69, 9.17) is 49.0 Å². The fourth-order valence-electron chi connectivity index (χ4n) is 9.21. The summed E-state index contributed by atoms with van der Waals surface area (Å²) in [5, 5.41) is 2.67. The number of benzene rings is 4. The average molecular weight is 1090 g/mol. The van der Waals surface area contributed by atoms with Crippen LogP contribution in [0, 0.1) is 6.92 Å². The Balaban J connectivity index is 1.05. The minimum absolute atomic E-state index is 0.106. The van der Waals surface area contributed by atoms with Gasteiger partial charge in [0, 0.05) is 30.2 Å². The van der Waals surface area contributed by atoms with E-state index in [9.17, 15) is 19.3 Å². The zero-order valence-electron chi connectivity index (χ0n) is 43.4. The number of carbonyl (C=O) groups excluding carboxylic acids is 1. The molecule has 0 saturated carbocycles. The number of ether oxygens (including phenoxy) is 5. The lowest BCUT2D eigenvalue weighted by Crippen LogP contribution is -2.46. The van der Waals surface area contributed by atoms with Gasteiger partial charge >= 0.3 is 12.4 Å². The number of H-pyrrole nitrogens is 1. The summed E-state index contributed by atoms with van der Waals surface area (Å²) in [6, 6.07) is 33.8. The van der Waals surface area contributed by atoms with E-state index in [1.54, 1.807) is 56.3 Å². The first-order chi connectivity index (χ1) is 36.3. The second-order valence-electron chi connectivity index (χ2n) is 20.2. The number of nitrogens with one attached hydrogen (secondary N) is 2. The van der Waals surface area contributed by atoms with Gasteiger partial charge in [-0.3, -0.25) is 23.7 Å². The van der Waals surface area contributed by atoms with Crippen LogP contribution in [0.5, 0.6) is 11.5 Å². The van der Waals surface area contributed by atoms with E-state index in [1.165, 1.54) is 17.1 Å². The number of hydrogen-bond donors (Lipinski definition) is 3. The van der Waals surface area contributed by atoms with Crippen molar-refractivity contribution in [3.63, 3.8) is 0 Å². The van der Waals surface area contributed by atoms with Gasteiger partial charge in [0.25, 0.3) is 11.5 Å². The molecule has 7 aromatic rings. The lowest BCUT2D eigenvalue weighted by atomic mass is 9.80. The summed E-state index contributed by atoms with van der Waals surface area (Å²) < 4.78 is 54.5. The van der Waals surface area contributed by atoms with Crippen LogP contribution in [0.4, 0.5) is 5.82 Å². The molecule has 7 atom stereocenters. The maximum absolute atomic E-state index is 13.3. The number of aryl methyl sites for hydroxylation is 1. The zero-order valence-corrected chi connectivity index (χ0v) is 46.2. The third-order valence-electron chi connectivity index (χ3n) is 14.3. The van der Waals surface area contributed by atoms with Crippen LogP contribution in [0.25, 0.3) is 11.2 Å². The number of rotatable bonds is 19. The number of amides is 1. The summed E-state index contributed by atoms with van der Waals surface area (Å²) in [7, 11) is 0.760. The summed E-state index contributed by atoms with van der Waals surface area (Å²) in [4.78, 5) is 66.8. The molecule has 22 heteroatoms. The van der Waals surface area contributed by atoms with Crippen LogP contribution >= 0.6 is 6.72 Å². The van der Waals surface area contributed by atoms with E-state index in [0.29, 0.717) is 33.8 Å². The van der Waals surface area contributed by atoms with Crippen LogP contribution in [0.2, 0.25) is 18.1 Å². The largest absolute Gasteiger partial charge is 0.497 e. The molecule has 5 heterocycles. The highest BCUT2D eigenvalue weighted by atomic mass is 32.5. The summed E-state index contributed by atoms with van der Waals surface area (Å²) in [5.74, 6) is 1.13. The molecule has 1 amide bonds. The van der Waals surface area contributed by atoms with Crippen molar-refractivity contribution in [1.82, 2.24) is 29.1 Å². The van der Waals surface area contributed by atoms with E-state index < -0.39 is 68.8 Å². The number of fused-ring (bicyclic) bond motifs is 1. The first kappa shape index (κ1) is 54.6. The van der Waals surface area contributed by atoms with Gasteiger partial charge in [0.05, 0.1) is 46.0 Å². The van der Waals surface area contributed by atoms with Crippen molar-refractivity contribution >= 4 is 49.7 Å². The smallest absolute Gasteiger partial charge is 0.330 e. The fourth-order valence-corrected chi connectivity index (χ4v) is 12.0. The first-order valence-electron chi connectivity index (χ1n) is 24.8. The molecule has 2 aliphatic heterocycles. The minimum Gasteiger partial charge on any atom is -0.497 e. The second kappa shape index (κ2) is 22.4. The number of hydrogen-bond acceptors (Lipinski definition) is 15. The maximum atomic E-state index is 13.3. The van der Waals surface area contributed by atoms with E-state index in [2.05, 4.69) is 59.1 Å². The number of methoxy groups -OCH3 is 2. The first-order valence-corrected chi connectivity index (χ1v) is 30.3. The monoisotopic (exact) mass is 1090 g/mol. The standard InChI is InChI=1S/C54H62N7O12PSSi/c1-34-29-60(52(64)59-50(34)62)45-28-42(73-76(7,8)53(2,3)4)44(71-45)31-69-74(65,75)72-41-27-46(61-33-57-47-48(55-32-56-49(47)61)58-51(63)35-15-11-9-12-16-35)70-43(41)30-68-54(36-17-13-10-14-18-36,37-19-23-39(66-5)24-20-37)38-21-25-40(67-6)26-22-38/h9-26,29,32-33,41-46H,27-28,30-31H2,1-8H3,(H,65,75)(H,59,62,64)(H,55,56,58,63)/t41-,42-,43+,44+,45+,46+,74?/m0/s1. The quantitative estimate of drug-likeness (QED) is 0.0392. The van der Waals surface area contributed by atoms with Crippen LogP contribution in [-0.4, -0.2) is 100 Å². The van der Waals surface area contributed by atoms with Crippen molar-refractivity contribution in [3.8, 4) is 11.5 Å². The van der Waals surface area contributed by atoms with Crippen molar-refractivity contribution in [2.24, 2.45) is 0 Å². The molecule has 2 saturated heterocycles. The van der Waals surface area contributed by atoms with E-state index in [1.807, 2.05) is 84.9 Å². The number of anilines is 1. The molecule has 76 heavy (non-hydrogen) atoms. The van der Waals surface area contributed by atoms with E-state index in [0.717, 1.165) is 16.7 Å². The molecule has 1 unspecified atom stereocenters. The van der Waals surface area contributed by atoms with E-state index in [-0.39, 0.29) is 42.8 Å². The van der Waals surface area contributed by atoms with Gasteiger partial charge in [0.15, 0.2) is 25.3 Å². The molecule has 3 aromatic heterocycles. The molecule has 3 N–H and O–H groups in total. The van der Waals surface area contributed by atoms with Gasteiger partial charge in [0.1, 0.15) is 48.1 Å². The number of aromatic amines is 1. The molecule has 4 aromatic carbocycles. The average Bonchev–Trinajstić information content (AvgIpc) is 4.15. The van der Waals surface area contributed by atoms with Crippen LogP contribution in [0.1, 0.15) is 78.7 Å². The van der Waals surface area contributed by atoms with Crippen LogP contribution < -0.4 is 26.0 Å². The lowest BCUT2D eigenvalue weighted by Gasteiger charge is -2.39. The Morgan fingerprint density at radius 2 is 1.37 bits per heavy atom. The Kier molecular flexibility index (Phi) is 16.1. The van der Waals surface area contributed by atoms with Crippen LogP contribution in [0.3, 0.4) is 0 Å². The number of carbonyl (C=O) groups is 1. The molecule has 9 rings (SSSR count). The van der Waals surface area contributed by atoms with Gasteiger partial charge in [0.2, 0.25) is 0 Å². The topological polar surface area (TPSA) is 222 Å². The molecule has 400 valence electrons. The van der Waals surface area contributed by atoms with Gasteiger partial charge in [-0.15, -0.1) is 0 Å². The van der Waals surface area contributed by atoms with Crippen molar-refractivity contribution in [2.75, 3.05) is 32.8 Å². The van der Waals surface area contributed by atoms with Gasteiger partial charge in [-0.25, -0.2) is 19.7 Å². The highest BCUT2D eigenvalue weighted by molar-refractivity contribution is 8.07. The summed E-state index contributed by atoms with van der Waals surface area (Å²) >= 11 is 5.84. The molecule has 0 spiro atoms. The summed E-state index contributed by atoms with van der Waals surface area (Å²) in [6.07, 6.45) is -0.218. The molecule has 0 radical (unpaired) electrons. The molecule has 0 aliphatic carbocycles. The number of aromatic nitrogens is 6. The van der Waals surface area contributed by atoms with Crippen molar-refractivity contribution in [2.45, 2.75) is 101 Å². The van der Waals surface area contributed by atoms with Gasteiger partial charge in [-0.2, -0.15) is 0 Å². The maximum Gasteiger partial charge on any atom is 0.330 e. The SMILES string of the molecule is COc1ccc(C(OC[C@H]2O[C@@H](n3cnc4c(NC(=O)c5ccccc5)ncnc43)C[C@@H]2OP(O)(=S)OC[C@H]2O[C@@H](n3cc(C)c(=O)[nH]c3=O)C[C@@H]2O[Si](C)(C)C(C)(C)C)(c2ccccc2)c2ccc(OC)cc2)cc1.